The molecule has 0 heterocycles. The molecular formula is C17H47BN12. The van der Waals surface area contributed by atoms with Gasteiger partial charge in [-0.2, -0.15) is 0 Å². The molecule has 12 nitrogen and oxygen atoms in total. The number of hydrazine groups is 5. The van der Waals surface area contributed by atoms with Crippen LogP contribution in [-0.2, 0) is 0 Å². The van der Waals surface area contributed by atoms with Crippen LogP contribution < -0.4 is 40.7 Å². The van der Waals surface area contributed by atoms with E-state index in [1.54, 1.807) is 25.0 Å². The third-order valence-corrected chi connectivity index (χ3v) is 4.91. The van der Waals surface area contributed by atoms with E-state index < -0.39 is 5.31 Å². The predicted molar refractivity (Wildman–Crippen MR) is 125 cm³/mol. The van der Waals surface area contributed by atoms with Crippen LogP contribution in [0.1, 0.15) is 20.8 Å². The molecule has 0 saturated heterocycles. The maximum atomic E-state index is 6.04. The van der Waals surface area contributed by atoms with Gasteiger partial charge in [0.1, 0.15) is 0 Å². The normalized spacial score (nSPS) is 15.2. The van der Waals surface area contributed by atoms with Crippen LogP contribution in [-0.4, -0.2) is 111 Å². The maximum absolute atomic E-state index is 6.04. The van der Waals surface area contributed by atoms with Gasteiger partial charge in [-0.25, -0.2) is 25.0 Å². The van der Waals surface area contributed by atoms with Crippen LogP contribution in [0.15, 0.2) is 0 Å². The van der Waals surface area contributed by atoms with Crippen molar-refractivity contribution in [1.29, 1.82) is 0 Å². The molecule has 0 fully saturated rings. The third-order valence-electron chi connectivity index (χ3n) is 4.91. The molecule has 0 aromatic carbocycles. The van der Waals surface area contributed by atoms with Crippen LogP contribution in [0, 0.1) is 5.41 Å². The lowest BCUT2D eigenvalue weighted by molar-refractivity contribution is 0.140. The van der Waals surface area contributed by atoms with Gasteiger partial charge in [0, 0.05) is 65.4 Å². The van der Waals surface area contributed by atoms with E-state index in [1.807, 2.05) is 6.92 Å². The van der Waals surface area contributed by atoms with Gasteiger partial charge >= 0.3 is 0 Å². The molecule has 0 rings (SSSR count). The lowest BCUT2D eigenvalue weighted by Gasteiger charge is -2.30. The smallest absolute Gasteiger partial charge is 0.0777 e. The molecule has 178 valence electrons. The summed E-state index contributed by atoms with van der Waals surface area (Å²) in [5, 5.41) is 7.96. The van der Waals surface area contributed by atoms with Crippen LogP contribution in [0.5, 0.6) is 0 Å². The Labute approximate surface area is 184 Å². The van der Waals surface area contributed by atoms with Gasteiger partial charge in [0.05, 0.1) is 7.85 Å². The molecule has 1 unspecified atom stereocenters. The molecule has 0 aromatic heterocycles. The fraction of sp³-hybridized carbons (Fsp3) is 1.00. The molecule has 0 bridgehead atoms. The van der Waals surface area contributed by atoms with Gasteiger partial charge in [0.15, 0.2) is 0 Å². The average molecular weight is 430 g/mol. The fourth-order valence-corrected chi connectivity index (χ4v) is 2.66. The van der Waals surface area contributed by atoms with E-state index in [-0.39, 0.29) is 5.41 Å². The van der Waals surface area contributed by atoms with Crippen molar-refractivity contribution in [2.75, 3.05) is 78.5 Å². The minimum Gasteiger partial charge on any atom is -0.331 e. The number of hydrogen-bond acceptors (Lipinski definition) is 12. The van der Waals surface area contributed by atoms with Crippen molar-refractivity contribution in [3.63, 3.8) is 0 Å². The molecule has 0 saturated carbocycles. The van der Waals surface area contributed by atoms with E-state index >= 15 is 0 Å². The first-order valence-electron chi connectivity index (χ1n) is 10.5. The predicted octanol–water partition coefficient (Wildman–Crippen LogP) is -3.84. The molecule has 13 heteroatoms. The zero-order valence-corrected chi connectivity index (χ0v) is 19.3. The van der Waals surface area contributed by atoms with Crippen molar-refractivity contribution in [1.82, 2.24) is 25.0 Å². The first kappa shape index (κ1) is 29.6. The van der Waals surface area contributed by atoms with Crippen LogP contribution in [0.2, 0.25) is 5.31 Å². The molecule has 1 atom stereocenters. The van der Waals surface area contributed by atoms with Crippen molar-refractivity contribution in [2.45, 2.75) is 26.1 Å². The van der Waals surface area contributed by atoms with Gasteiger partial charge in [-0.3, -0.25) is 29.2 Å². The topological polar surface area (TPSA) is 198 Å². The second kappa shape index (κ2) is 14.6. The van der Waals surface area contributed by atoms with Gasteiger partial charge in [0.2, 0.25) is 0 Å². The van der Waals surface area contributed by atoms with Crippen molar-refractivity contribution < 1.29 is 0 Å². The Bertz CT molecular complexity index is 401. The summed E-state index contributed by atoms with van der Waals surface area (Å²) in [5.41, 5.74) is 11.3. The molecule has 0 aliphatic carbocycles. The number of nitrogens with two attached hydrogens (primary N) is 7. The monoisotopic (exact) mass is 430 g/mol. The molecular weight excluding hydrogens is 383 g/mol. The first-order valence-corrected chi connectivity index (χ1v) is 10.5. The number of rotatable bonds is 18. The molecule has 30 heavy (non-hydrogen) atoms. The van der Waals surface area contributed by atoms with Crippen molar-refractivity contribution in [3.05, 3.63) is 0 Å². The summed E-state index contributed by atoms with van der Waals surface area (Å²) in [6.07, 6.45) is 0. The highest BCUT2D eigenvalue weighted by Crippen LogP contribution is 2.17. The summed E-state index contributed by atoms with van der Waals surface area (Å²) >= 11 is 0. The highest BCUT2D eigenvalue weighted by molar-refractivity contribution is 6.15. The quantitative estimate of drug-likeness (QED) is 0.0636. The second-order valence-corrected chi connectivity index (χ2v) is 9.28. The lowest BCUT2D eigenvalue weighted by atomic mass is 9.70. The second-order valence-electron chi connectivity index (χ2n) is 9.28. The Morgan fingerprint density at radius 3 is 1.13 bits per heavy atom. The first-order chi connectivity index (χ1) is 13.8. The minimum absolute atomic E-state index is 0.0222. The van der Waals surface area contributed by atoms with E-state index in [1.165, 1.54) is 0 Å². The van der Waals surface area contributed by atoms with Crippen LogP contribution in [0.4, 0.5) is 0 Å². The number of nitrogens with zero attached hydrogens (tertiary/aromatic N) is 5. The standard InChI is InChI=1S/C17H47BN12/c1-16(2,12-19)14-29(24)10-8-27(22)6-4-26(21)5-7-28(23)9-11-30(25)15-17(3,18)13-20/h4-15,19-25H2,1-3H3. The summed E-state index contributed by atoms with van der Waals surface area (Å²) in [6.45, 7) is 13.1. The molecule has 0 amide bonds. The molecule has 2 radical (unpaired) electrons. The van der Waals surface area contributed by atoms with Crippen LogP contribution in [0.3, 0.4) is 0 Å². The minimum atomic E-state index is -0.516. The largest absolute Gasteiger partial charge is 0.331 e. The zero-order valence-electron chi connectivity index (χ0n) is 19.3. The van der Waals surface area contributed by atoms with Gasteiger partial charge in [-0.15, -0.1) is 0 Å². The average Bonchev–Trinajstić information content (AvgIpc) is 2.66. The fourth-order valence-electron chi connectivity index (χ4n) is 2.66. The summed E-state index contributed by atoms with van der Waals surface area (Å²) < 4.78 is 0. The summed E-state index contributed by atoms with van der Waals surface area (Å²) in [5.74, 6) is 30.1. The number of hydrogen-bond donors (Lipinski definition) is 7. The Kier molecular flexibility index (Phi) is 14.4. The van der Waals surface area contributed by atoms with Crippen molar-refractivity contribution in [3.8, 4) is 0 Å². The Morgan fingerprint density at radius 1 is 0.533 bits per heavy atom. The van der Waals surface area contributed by atoms with Crippen molar-refractivity contribution in [2.24, 2.45) is 46.1 Å². The highest BCUT2D eigenvalue weighted by Gasteiger charge is 2.19. The van der Waals surface area contributed by atoms with Crippen LogP contribution >= 0.6 is 0 Å². The van der Waals surface area contributed by atoms with Crippen molar-refractivity contribution >= 4 is 7.85 Å². The zero-order chi connectivity index (χ0) is 23.4. The molecule has 0 spiro atoms. The van der Waals surface area contributed by atoms with E-state index in [0.717, 1.165) is 0 Å². The summed E-state index contributed by atoms with van der Waals surface area (Å²) in [6, 6.07) is 0. The van der Waals surface area contributed by atoms with E-state index in [2.05, 4.69) is 13.8 Å². The Morgan fingerprint density at radius 2 is 0.833 bits per heavy atom. The molecule has 0 aliphatic heterocycles. The van der Waals surface area contributed by atoms with Gasteiger partial charge < -0.3 is 11.5 Å². The molecule has 14 N–H and O–H groups in total. The van der Waals surface area contributed by atoms with Gasteiger partial charge in [-0.05, 0) is 23.8 Å². The molecule has 0 aliphatic rings. The lowest BCUT2D eigenvalue weighted by Crippen LogP contribution is -2.50. The highest BCUT2D eigenvalue weighted by atomic mass is 15.5. The maximum Gasteiger partial charge on any atom is 0.0777 e. The van der Waals surface area contributed by atoms with E-state index in [4.69, 9.17) is 48.5 Å². The van der Waals surface area contributed by atoms with Crippen LogP contribution in [0.25, 0.3) is 0 Å². The molecule has 0 aromatic rings. The van der Waals surface area contributed by atoms with E-state index in [0.29, 0.717) is 78.5 Å². The Balaban J connectivity index is 3.93. The van der Waals surface area contributed by atoms with E-state index in [9.17, 15) is 0 Å². The SMILES string of the molecule is [B]C(C)(CN)CN(N)CCN(N)CCN(N)CCN(N)CCN(N)CC(C)(C)CN. The third kappa shape index (κ3) is 15.4. The Hall–Kier alpha value is -0.415. The van der Waals surface area contributed by atoms with Gasteiger partial charge in [-0.1, -0.05) is 20.8 Å². The summed E-state index contributed by atoms with van der Waals surface area (Å²) in [4.78, 5) is 0. The van der Waals surface area contributed by atoms with Gasteiger partial charge in [0.25, 0.3) is 0 Å². The summed E-state index contributed by atoms with van der Waals surface area (Å²) in [7, 11) is 6.01.